The SMILES string of the molecule is CCCCCCCC/C=C\CCCCCCCCCCCC(=O)OC(COC(=O)CCCCCCCCC)COC(=O)CCCCCCCCCCCCCCCCCCCCCCCCCCCCCCCCCCC. The molecule has 0 bridgehead atoms. The Morgan fingerprint density at radius 1 is 0.247 bits per heavy atom. The van der Waals surface area contributed by atoms with E-state index < -0.39 is 6.10 Å². The Labute approximate surface area is 481 Å². The van der Waals surface area contributed by atoms with Gasteiger partial charge in [0.2, 0.25) is 0 Å². The topological polar surface area (TPSA) is 78.9 Å². The van der Waals surface area contributed by atoms with Gasteiger partial charge in [-0.15, -0.1) is 0 Å². The van der Waals surface area contributed by atoms with Crippen LogP contribution in [0.1, 0.15) is 406 Å². The van der Waals surface area contributed by atoms with Crippen molar-refractivity contribution in [2.75, 3.05) is 13.2 Å². The molecule has 0 fully saturated rings. The standard InChI is InChI=1S/C71H136O6/c1-4-7-10-13-16-18-20-22-24-26-28-29-30-31-32-33-34-35-36-37-38-39-40-41-43-44-46-48-50-52-55-58-61-64-70(73)76-67-68(66-75-69(72)63-60-57-54-15-12-9-6-3)77-71(74)65-62-59-56-53-51-49-47-45-42-27-25-23-21-19-17-14-11-8-5-2/h23,25,68H,4-22,24,26-67H2,1-3H3/b25-23-. The normalized spacial score (nSPS) is 12.0. The van der Waals surface area contributed by atoms with Crippen LogP contribution in [0.5, 0.6) is 0 Å². The molecule has 6 nitrogen and oxygen atoms in total. The molecule has 0 aliphatic carbocycles. The first-order valence-electron chi connectivity index (χ1n) is 35.2. The van der Waals surface area contributed by atoms with Gasteiger partial charge in [0.1, 0.15) is 13.2 Å². The second-order valence-corrected chi connectivity index (χ2v) is 24.2. The predicted molar refractivity (Wildman–Crippen MR) is 335 cm³/mol. The summed E-state index contributed by atoms with van der Waals surface area (Å²) < 4.78 is 16.9. The minimum Gasteiger partial charge on any atom is -0.462 e. The average molecular weight is 1090 g/mol. The Balaban J connectivity index is 3.93. The molecule has 0 N–H and O–H groups in total. The number of rotatable bonds is 66. The quantitative estimate of drug-likeness (QED) is 0.0261. The Kier molecular flexibility index (Phi) is 65.1. The van der Waals surface area contributed by atoms with Gasteiger partial charge in [-0.25, -0.2) is 0 Å². The Morgan fingerprint density at radius 3 is 0.649 bits per heavy atom. The number of allylic oxidation sites excluding steroid dienone is 2. The third-order valence-electron chi connectivity index (χ3n) is 16.3. The van der Waals surface area contributed by atoms with Gasteiger partial charge in [-0.1, -0.05) is 354 Å². The fourth-order valence-corrected chi connectivity index (χ4v) is 11.0. The molecule has 0 aromatic carbocycles. The zero-order valence-electron chi connectivity index (χ0n) is 52.5. The van der Waals surface area contributed by atoms with E-state index in [1.165, 1.54) is 308 Å². The molecule has 1 atom stereocenters. The predicted octanol–water partition coefficient (Wildman–Crippen LogP) is 24.0. The van der Waals surface area contributed by atoms with Crippen molar-refractivity contribution < 1.29 is 28.6 Å². The first-order chi connectivity index (χ1) is 38.0. The van der Waals surface area contributed by atoms with E-state index in [9.17, 15) is 14.4 Å². The van der Waals surface area contributed by atoms with Crippen molar-refractivity contribution in [3.8, 4) is 0 Å². The minimum absolute atomic E-state index is 0.0651. The molecule has 0 saturated heterocycles. The zero-order chi connectivity index (χ0) is 55.7. The maximum Gasteiger partial charge on any atom is 0.306 e. The third kappa shape index (κ3) is 64.9. The van der Waals surface area contributed by atoms with Gasteiger partial charge in [-0.3, -0.25) is 14.4 Å². The summed E-state index contributed by atoms with van der Waals surface area (Å²) in [5, 5.41) is 0. The second-order valence-electron chi connectivity index (χ2n) is 24.2. The monoisotopic (exact) mass is 1090 g/mol. The van der Waals surface area contributed by atoms with Crippen LogP contribution in [0.25, 0.3) is 0 Å². The van der Waals surface area contributed by atoms with Gasteiger partial charge < -0.3 is 14.2 Å². The zero-order valence-corrected chi connectivity index (χ0v) is 52.5. The highest BCUT2D eigenvalue weighted by molar-refractivity contribution is 5.71. The summed E-state index contributed by atoms with van der Waals surface area (Å²) in [5.41, 5.74) is 0. The van der Waals surface area contributed by atoms with Crippen molar-refractivity contribution in [1.29, 1.82) is 0 Å². The molecule has 0 aromatic heterocycles. The van der Waals surface area contributed by atoms with Gasteiger partial charge in [0.15, 0.2) is 6.10 Å². The number of carbonyl (C=O) groups excluding carboxylic acids is 3. The summed E-state index contributed by atoms with van der Waals surface area (Å²) >= 11 is 0. The summed E-state index contributed by atoms with van der Waals surface area (Å²) in [6.07, 6.45) is 80.0. The van der Waals surface area contributed by atoms with E-state index in [-0.39, 0.29) is 31.1 Å². The van der Waals surface area contributed by atoms with Crippen LogP contribution in [-0.2, 0) is 28.6 Å². The smallest absolute Gasteiger partial charge is 0.306 e. The largest absolute Gasteiger partial charge is 0.462 e. The van der Waals surface area contributed by atoms with Crippen LogP contribution in [0.3, 0.4) is 0 Å². The molecular weight excluding hydrogens is 949 g/mol. The lowest BCUT2D eigenvalue weighted by molar-refractivity contribution is -0.167. The van der Waals surface area contributed by atoms with E-state index >= 15 is 0 Å². The molecule has 0 amide bonds. The highest BCUT2D eigenvalue weighted by atomic mass is 16.6. The number of hydrogen-bond donors (Lipinski definition) is 0. The molecule has 1 unspecified atom stereocenters. The summed E-state index contributed by atoms with van der Waals surface area (Å²) in [6, 6.07) is 0. The maximum atomic E-state index is 12.9. The fourth-order valence-electron chi connectivity index (χ4n) is 11.0. The van der Waals surface area contributed by atoms with E-state index in [1.54, 1.807) is 0 Å². The van der Waals surface area contributed by atoms with Gasteiger partial charge in [-0.05, 0) is 44.9 Å². The van der Waals surface area contributed by atoms with E-state index in [1.807, 2.05) is 0 Å². The first kappa shape index (κ1) is 75.2. The number of esters is 3. The highest BCUT2D eigenvalue weighted by Gasteiger charge is 2.19. The number of ether oxygens (including phenoxy) is 3. The van der Waals surface area contributed by atoms with Gasteiger partial charge in [0.25, 0.3) is 0 Å². The van der Waals surface area contributed by atoms with Crippen molar-refractivity contribution in [2.24, 2.45) is 0 Å². The molecule has 6 heteroatoms. The van der Waals surface area contributed by atoms with E-state index in [0.29, 0.717) is 19.3 Å². The van der Waals surface area contributed by atoms with Crippen molar-refractivity contribution in [1.82, 2.24) is 0 Å². The molecule has 0 aliphatic heterocycles. The van der Waals surface area contributed by atoms with E-state index in [0.717, 1.165) is 57.8 Å². The van der Waals surface area contributed by atoms with Crippen molar-refractivity contribution in [2.45, 2.75) is 412 Å². The van der Waals surface area contributed by atoms with Gasteiger partial charge in [-0.2, -0.15) is 0 Å². The lowest BCUT2D eigenvalue weighted by Crippen LogP contribution is -2.30. The molecule has 0 saturated carbocycles. The molecular formula is C71H136O6. The second kappa shape index (κ2) is 66.7. The average Bonchev–Trinajstić information content (AvgIpc) is 3.43. The number of unbranched alkanes of at least 4 members (excludes halogenated alkanes) is 53. The van der Waals surface area contributed by atoms with Crippen molar-refractivity contribution >= 4 is 17.9 Å². The van der Waals surface area contributed by atoms with Crippen LogP contribution in [0.4, 0.5) is 0 Å². The minimum atomic E-state index is -0.765. The van der Waals surface area contributed by atoms with E-state index in [2.05, 4.69) is 32.9 Å². The third-order valence-corrected chi connectivity index (χ3v) is 16.3. The van der Waals surface area contributed by atoms with Crippen molar-refractivity contribution in [3.63, 3.8) is 0 Å². The van der Waals surface area contributed by atoms with Crippen LogP contribution in [0.2, 0.25) is 0 Å². The Hall–Kier alpha value is -1.85. The number of hydrogen-bond acceptors (Lipinski definition) is 6. The van der Waals surface area contributed by atoms with Crippen LogP contribution >= 0.6 is 0 Å². The van der Waals surface area contributed by atoms with Crippen LogP contribution in [0, 0.1) is 0 Å². The fraction of sp³-hybridized carbons (Fsp3) is 0.930. The summed E-state index contributed by atoms with van der Waals surface area (Å²) in [4.78, 5) is 38.1. The van der Waals surface area contributed by atoms with Crippen LogP contribution < -0.4 is 0 Å². The molecule has 0 spiro atoms. The summed E-state index contributed by atoms with van der Waals surface area (Å²) in [5.74, 6) is -0.846. The molecule has 77 heavy (non-hydrogen) atoms. The van der Waals surface area contributed by atoms with Gasteiger partial charge >= 0.3 is 17.9 Å². The molecule has 0 aliphatic rings. The van der Waals surface area contributed by atoms with Gasteiger partial charge in [0.05, 0.1) is 0 Å². The Bertz CT molecular complexity index is 1200. The summed E-state index contributed by atoms with van der Waals surface area (Å²) in [6.45, 7) is 6.67. The number of carbonyl (C=O) groups is 3. The maximum absolute atomic E-state index is 12.9. The highest BCUT2D eigenvalue weighted by Crippen LogP contribution is 2.19. The summed E-state index contributed by atoms with van der Waals surface area (Å²) in [7, 11) is 0. The lowest BCUT2D eigenvalue weighted by Gasteiger charge is -2.18. The Morgan fingerprint density at radius 2 is 0.429 bits per heavy atom. The lowest BCUT2D eigenvalue weighted by atomic mass is 10.0. The van der Waals surface area contributed by atoms with E-state index in [4.69, 9.17) is 14.2 Å². The molecule has 0 aromatic rings. The molecule has 0 heterocycles. The van der Waals surface area contributed by atoms with Gasteiger partial charge in [0, 0.05) is 19.3 Å². The molecule has 0 radical (unpaired) electrons. The molecule has 0 rings (SSSR count). The van der Waals surface area contributed by atoms with Crippen molar-refractivity contribution in [3.05, 3.63) is 12.2 Å². The first-order valence-corrected chi connectivity index (χ1v) is 35.2. The molecule has 456 valence electrons. The van der Waals surface area contributed by atoms with Crippen LogP contribution in [0.15, 0.2) is 12.2 Å². The van der Waals surface area contributed by atoms with Crippen LogP contribution in [-0.4, -0.2) is 37.2 Å².